The van der Waals surface area contributed by atoms with Crippen LogP contribution in [0.25, 0.3) is 21.6 Å². The Labute approximate surface area is 261 Å². The molecule has 0 unspecified atom stereocenters. The molecule has 0 bridgehead atoms. The molecule has 0 aliphatic carbocycles. The van der Waals surface area contributed by atoms with Gasteiger partial charge >= 0.3 is 12.1 Å². The molecule has 240 valence electrons. The van der Waals surface area contributed by atoms with Crippen LogP contribution in [-0.4, -0.2) is 86.6 Å². The van der Waals surface area contributed by atoms with Gasteiger partial charge in [-0.05, 0) is 49.9 Å². The summed E-state index contributed by atoms with van der Waals surface area (Å²) in [6.07, 6.45) is -0.776. The van der Waals surface area contributed by atoms with Crippen LogP contribution in [0, 0.1) is 0 Å². The van der Waals surface area contributed by atoms with E-state index < -0.39 is 22.2 Å². The number of carbonyl (C=O) groups is 1. The Hall–Kier alpha value is -3.02. The summed E-state index contributed by atoms with van der Waals surface area (Å²) in [6.45, 7) is 5.65. The summed E-state index contributed by atoms with van der Waals surface area (Å²) >= 11 is 2.89. The lowest BCUT2D eigenvalue weighted by Gasteiger charge is -2.24. The number of carboxylic acids is 1. The molecule has 0 saturated carbocycles. The number of hydrogen-bond donors (Lipinski definition) is 2. The molecule has 1 fully saturated rings. The number of carboxylic acid groups (broad SMARTS) is 1. The molecule has 1 saturated heterocycles. The highest BCUT2D eigenvalue weighted by atomic mass is 32.2. The number of nitrogens with one attached hydrogen (secondary N) is 1. The number of H-pyrrole nitrogens is 1. The molecule has 4 aromatic rings. The average Bonchev–Trinajstić information content (AvgIpc) is 3.79. The largest absolute Gasteiger partial charge is 0.490 e. The first kappa shape index (κ1) is 33.9. The van der Waals surface area contributed by atoms with E-state index in [1.165, 1.54) is 33.4 Å². The van der Waals surface area contributed by atoms with Gasteiger partial charge in [0.25, 0.3) is 10.0 Å². The van der Waals surface area contributed by atoms with E-state index in [2.05, 4.69) is 9.88 Å². The van der Waals surface area contributed by atoms with E-state index in [1.54, 1.807) is 36.0 Å². The number of likely N-dealkylation sites (tertiary alicyclic amines) is 1. The number of nitrogens with zero attached hydrogens (tertiary/aromatic N) is 3. The van der Waals surface area contributed by atoms with E-state index in [1.807, 2.05) is 37.4 Å². The van der Waals surface area contributed by atoms with Crippen molar-refractivity contribution in [3.05, 3.63) is 52.9 Å². The van der Waals surface area contributed by atoms with E-state index in [9.17, 15) is 21.6 Å². The number of aromatic amines is 1. The SMILES string of the molecule is CCOCCN(c1cccc2cc(-c3ncc(CN4CCC[C@H]4COC)s3)[nH]c12)S(=O)(=O)c1cccs1.O=C(O)C(F)(F)F. The van der Waals surface area contributed by atoms with Crippen LogP contribution < -0.4 is 4.31 Å². The number of anilines is 1. The van der Waals surface area contributed by atoms with Gasteiger partial charge in [-0.1, -0.05) is 18.2 Å². The van der Waals surface area contributed by atoms with Gasteiger partial charge in [-0.3, -0.25) is 9.21 Å². The van der Waals surface area contributed by atoms with Crippen LogP contribution in [0.3, 0.4) is 0 Å². The molecule has 3 aromatic heterocycles. The van der Waals surface area contributed by atoms with E-state index in [0.29, 0.717) is 29.2 Å². The van der Waals surface area contributed by atoms with Gasteiger partial charge in [0.2, 0.25) is 0 Å². The Morgan fingerprint density at radius 1 is 1.27 bits per heavy atom. The topological polar surface area (TPSA) is 125 Å². The fraction of sp³-hybridized carbons (Fsp3) is 0.429. The highest BCUT2D eigenvalue weighted by Gasteiger charge is 2.38. The van der Waals surface area contributed by atoms with Gasteiger partial charge in [0.15, 0.2) is 0 Å². The molecule has 5 rings (SSSR count). The van der Waals surface area contributed by atoms with Gasteiger partial charge in [0, 0.05) is 42.8 Å². The zero-order chi connectivity index (χ0) is 31.9. The number of rotatable bonds is 12. The third-order valence-electron chi connectivity index (χ3n) is 6.83. The molecular formula is C28H33F3N4O6S3. The quantitative estimate of drug-likeness (QED) is 0.180. The lowest BCUT2D eigenvalue weighted by Crippen LogP contribution is -2.34. The number of aliphatic carboxylic acids is 1. The summed E-state index contributed by atoms with van der Waals surface area (Å²) in [4.78, 5) is 20.7. The Balaban J connectivity index is 0.000000566. The molecule has 16 heteroatoms. The van der Waals surface area contributed by atoms with E-state index >= 15 is 0 Å². The number of halogens is 3. The van der Waals surface area contributed by atoms with Gasteiger partial charge in [-0.25, -0.2) is 18.2 Å². The summed E-state index contributed by atoms with van der Waals surface area (Å²) in [5.41, 5.74) is 2.26. The van der Waals surface area contributed by atoms with Crippen molar-refractivity contribution in [1.29, 1.82) is 0 Å². The maximum atomic E-state index is 13.6. The number of aromatic nitrogens is 2. The van der Waals surface area contributed by atoms with Crippen molar-refractivity contribution >= 4 is 55.3 Å². The van der Waals surface area contributed by atoms with E-state index in [-0.39, 0.29) is 6.54 Å². The number of benzene rings is 1. The molecule has 1 atom stereocenters. The average molecular weight is 675 g/mol. The van der Waals surface area contributed by atoms with Crippen molar-refractivity contribution in [2.75, 3.05) is 44.3 Å². The van der Waals surface area contributed by atoms with E-state index in [0.717, 1.165) is 41.3 Å². The minimum Gasteiger partial charge on any atom is -0.475 e. The Kier molecular flexibility index (Phi) is 11.4. The predicted molar refractivity (Wildman–Crippen MR) is 164 cm³/mol. The fourth-order valence-electron chi connectivity index (χ4n) is 4.83. The number of thiophene rings is 1. The molecule has 1 aliphatic rings. The zero-order valence-corrected chi connectivity index (χ0v) is 26.5. The van der Waals surface area contributed by atoms with Crippen molar-refractivity contribution < 1.29 is 41.0 Å². The van der Waals surface area contributed by atoms with Crippen molar-refractivity contribution in [3.63, 3.8) is 0 Å². The molecule has 2 N–H and O–H groups in total. The third kappa shape index (κ3) is 8.17. The molecule has 10 nitrogen and oxygen atoms in total. The number of ether oxygens (including phenoxy) is 2. The minimum atomic E-state index is -5.08. The summed E-state index contributed by atoms with van der Waals surface area (Å²) in [5, 5.41) is 10.7. The molecular weight excluding hydrogens is 642 g/mol. The van der Waals surface area contributed by atoms with Crippen LogP contribution in [-0.2, 0) is 30.8 Å². The second-order valence-electron chi connectivity index (χ2n) is 9.79. The summed E-state index contributed by atoms with van der Waals surface area (Å²) in [7, 11) is -1.98. The monoisotopic (exact) mass is 674 g/mol. The van der Waals surface area contributed by atoms with Crippen LogP contribution >= 0.6 is 22.7 Å². The molecule has 0 amide bonds. The van der Waals surface area contributed by atoms with Gasteiger partial charge in [0.05, 0.1) is 36.7 Å². The number of alkyl halides is 3. The first-order chi connectivity index (χ1) is 21.0. The number of methoxy groups -OCH3 is 1. The van der Waals surface area contributed by atoms with Gasteiger partial charge in [-0.2, -0.15) is 13.2 Å². The minimum absolute atomic E-state index is 0.224. The first-order valence-electron chi connectivity index (χ1n) is 13.7. The lowest BCUT2D eigenvalue weighted by atomic mass is 10.2. The van der Waals surface area contributed by atoms with Crippen molar-refractivity contribution in [2.45, 2.75) is 42.7 Å². The van der Waals surface area contributed by atoms with Crippen LogP contribution in [0.2, 0.25) is 0 Å². The Morgan fingerprint density at radius 3 is 2.70 bits per heavy atom. The standard InChI is InChI=1S/C26H32N4O4S3.C2HF3O2/c1-3-34-13-12-30(37(31,32)24-10-6-14-35-24)23-9-4-7-19-15-22(28-25(19)23)26-27-16-21(36-26)17-29-11-5-8-20(29)18-33-2;3-2(4,5)1(6)7/h4,6-7,9-10,14-16,20,28H,3,5,8,11-13,17-18H2,1-2H3;(H,6,7)/t20-;/m0./s1. The Morgan fingerprint density at radius 2 is 2.05 bits per heavy atom. The summed E-state index contributed by atoms with van der Waals surface area (Å²) in [5.74, 6) is -2.76. The normalized spacial score (nSPS) is 15.8. The third-order valence-corrected chi connectivity index (χ3v) is 11.0. The summed E-state index contributed by atoms with van der Waals surface area (Å²) in [6, 6.07) is 11.6. The zero-order valence-electron chi connectivity index (χ0n) is 24.0. The number of fused-ring (bicyclic) bond motifs is 1. The van der Waals surface area contributed by atoms with Gasteiger partial charge in [0.1, 0.15) is 9.22 Å². The van der Waals surface area contributed by atoms with Crippen LogP contribution in [0.15, 0.2) is 52.2 Å². The van der Waals surface area contributed by atoms with E-state index in [4.69, 9.17) is 24.4 Å². The second kappa shape index (κ2) is 14.8. The fourth-order valence-corrected chi connectivity index (χ4v) is 8.31. The van der Waals surface area contributed by atoms with Gasteiger partial charge < -0.3 is 19.6 Å². The maximum Gasteiger partial charge on any atom is 0.490 e. The summed E-state index contributed by atoms with van der Waals surface area (Å²) < 4.78 is 71.6. The smallest absolute Gasteiger partial charge is 0.475 e. The first-order valence-corrected chi connectivity index (χ1v) is 16.8. The molecule has 1 aromatic carbocycles. The lowest BCUT2D eigenvalue weighted by molar-refractivity contribution is -0.192. The molecule has 44 heavy (non-hydrogen) atoms. The van der Waals surface area contributed by atoms with Gasteiger partial charge in [-0.15, -0.1) is 22.7 Å². The maximum absolute atomic E-state index is 13.6. The number of thiazole rings is 1. The highest BCUT2D eigenvalue weighted by Crippen LogP contribution is 2.36. The van der Waals surface area contributed by atoms with Crippen molar-refractivity contribution in [1.82, 2.24) is 14.9 Å². The number of sulfonamides is 1. The van der Waals surface area contributed by atoms with Crippen LogP contribution in [0.1, 0.15) is 24.6 Å². The molecule has 0 radical (unpaired) electrons. The van der Waals surface area contributed by atoms with Crippen molar-refractivity contribution in [3.8, 4) is 10.7 Å². The van der Waals surface area contributed by atoms with Crippen LogP contribution in [0.4, 0.5) is 18.9 Å². The number of hydrogen-bond acceptors (Lipinski definition) is 9. The van der Waals surface area contributed by atoms with Crippen LogP contribution in [0.5, 0.6) is 0 Å². The van der Waals surface area contributed by atoms with Crippen molar-refractivity contribution in [2.24, 2.45) is 0 Å². The molecule has 1 aliphatic heterocycles. The molecule has 0 spiro atoms. The number of para-hydroxylation sites is 1. The molecule has 4 heterocycles. The predicted octanol–water partition coefficient (Wildman–Crippen LogP) is 5.83. The Bertz CT molecular complexity index is 1620. The highest BCUT2D eigenvalue weighted by molar-refractivity contribution is 7.94. The second-order valence-corrected chi connectivity index (χ2v) is 13.9.